The van der Waals surface area contributed by atoms with E-state index in [4.69, 9.17) is 0 Å². The van der Waals surface area contributed by atoms with Crippen molar-refractivity contribution in [1.82, 2.24) is 10.6 Å². The van der Waals surface area contributed by atoms with Crippen molar-refractivity contribution >= 4 is 5.91 Å². The lowest BCUT2D eigenvalue weighted by atomic mass is 10.0. The van der Waals surface area contributed by atoms with Crippen LogP contribution < -0.4 is 10.6 Å². The summed E-state index contributed by atoms with van der Waals surface area (Å²) in [6.45, 7) is 2.32. The summed E-state index contributed by atoms with van der Waals surface area (Å²) < 4.78 is 51.2. The molecule has 1 aliphatic rings. The molecular formula is C14H16F4N2O. The van der Waals surface area contributed by atoms with Crippen molar-refractivity contribution in [2.75, 3.05) is 6.54 Å². The van der Waals surface area contributed by atoms with Crippen molar-refractivity contribution < 1.29 is 22.4 Å². The van der Waals surface area contributed by atoms with Crippen molar-refractivity contribution in [2.45, 2.75) is 38.0 Å². The monoisotopic (exact) mass is 304 g/mol. The van der Waals surface area contributed by atoms with Gasteiger partial charge in [0.05, 0.1) is 17.6 Å². The molecule has 0 radical (unpaired) electrons. The number of amides is 1. The van der Waals surface area contributed by atoms with E-state index in [-0.39, 0.29) is 17.5 Å². The molecule has 0 saturated carbocycles. The topological polar surface area (TPSA) is 41.1 Å². The molecule has 1 aromatic carbocycles. The maximum absolute atomic E-state index is 13.2. The summed E-state index contributed by atoms with van der Waals surface area (Å²) in [4.78, 5) is 11.9. The molecule has 1 amide bonds. The Bertz CT molecular complexity index is 524. The molecule has 21 heavy (non-hydrogen) atoms. The van der Waals surface area contributed by atoms with Gasteiger partial charge in [-0.15, -0.1) is 0 Å². The number of rotatable bonds is 3. The molecule has 0 aliphatic carbocycles. The van der Waals surface area contributed by atoms with Crippen LogP contribution in [0, 0.1) is 5.82 Å². The Morgan fingerprint density at radius 3 is 2.71 bits per heavy atom. The van der Waals surface area contributed by atoms with E-state index in [9.17, 15) is 22.4 Å². The minimum absolute atomic E-state index is 0.218. The number of carbonyl (C=O) groups excluding carboxylic acids is 1. The van der Waals surface area contributed by atoms with Crippen molar-refractivity contribution in [3.8, 4) is 0 Å². The Morgan fingerprint density at radius 1 is 1.43 bits per heavy atom. The lowest BCUT2D eigenvalue weighted by Crippen LogP contribution is -2.41. The molecule has 3 nitrogen and oxygen atoms in total. The van der Waals surface area contributed by atoms with Gasteiger partial charge in [0.1, 0.15) is 5.82 Å². The number of alkyl halides is 3. The number of hydrogen-bond acceptors (Lipinski definition) is 2. The van der Waals surface area contributed by atoms with Gasteiger partial charge in [-0.25, -0.2) is 4.39 Å². The third-order valence-corrected chi connectivity index (χ3v) is 3.53. The quantitative estimate of drug-likeness (QED) is 0.843. The van der Waals surface area contributed by atoms with E-state index in [1.165, 1.54) is 6.07 Å². The lowest BCUT2D eigenvalue weighted by Gasteiger charge is -2.19. The van der Waals surface area contributed by atoms with E-state index in [1.54, 1.807) is 6.92 Å². The molecule has 2 N–H and O–H groups in total. The molecule has 1 aromatic rings. The molecule has 0 bridgehead atoms. The molecular weight excluding hydrogens is 288 g/mol. The molecule has 2 rings (SSSR count). The molecule has 1 aliphatic heterocycles. The molecule has 1 fully saturated rings. The highest BCUT2D eigenvalue weighted by molar-refractivity contribution is 5.82. The minimum atomic E-state index is -4.75. The van der Waals surface area contributed by atoms with Gasteiger partial charge in [0, 0.05) is 0 Å². The van der Waals surface area contributed by atoms with Crippen LogP contribution >= 0.6 is 0 Å². The first-order valence-electron chi connectivity index (χ1n) is 6.69. The Morgan fingerprint density at radius 2 is 2.14 bits per heavy atom. The summed E-state index contributed by atoms with van der Waals surface area (Å²) in [7, 11) is 0. The highest BCUT2D eigenvalue weighted by Gasteiger charge is 2.34. The summed E-state index contributed by atoms with van der Waals surface area (Å²) in [6.07, 6.45) is -3.16. The van der Waals surface area contributed by atoms with E-state index in [2.05, 4.69) is 10.6 Å². The average Bonchev–Trinajstić information content (AvgIpc) is 2.91. The highest BCUT2D eigenvalue weighted by atomic mass is 19.4. The van der Waals surface area contributed by atoms with Crippen LogP contribution in [0.5, 0.6) is 0 Å². The first-order valence-corrected chi connectivity index (χ1v) is 6.69. The predicted octanol–water partition coefficient (Wildman–Crippen LogP) is 2.77. The summed E-state index contributed by atoms with van der Waals surface area (Å²) in [5.74, 6) is -1.57. The van der Waals surface area contributed by atoms with Gasteiger partial charge in [0.15, 0.2) is 0 Å². The standard InChI is InChI=1S/C14H16F4N2O/c1-8(20-13(21)12-3-2-6-19-12)9-4-5-11(15)10(7-9)14(16,17)18/h4-5,7-8,12,19H,2-3,6H2,1H3,(H,20,21). The molecule has 1 saturated heterocycles. The number of halogens is 4. The van der Waals surface area contributed by atoms with Crippen LogP contribution in [0.25, 0.3) is 0 Å². The first-order chi connectivity index (χ1) is 9.79. The van der Waals surface area contributed by atoms with Gasteiger partial charge in [-0.1, -0.05) is 6.07 Å². The largest absolute Gasteiger partial charge is 0.419 e. The normalized spacial score (nSPS) is 20.3. The second kappa shape index (κ2) is 6.01. The van der Waals surface area contributed by atoms with E-state index >= 15 is 0 Å². The van der Waals surface area contributed by atoms with Crippen LogP contribution in [0.1, 0.15) is 36.9 Å². The zero-order valence-electron chi connectivity index (χ0n) is 11.4. The SMILES string of the molecule is CC(NC(=O)C1CCCN1)c1ccc(F)c(C(F)(F)F)c1. The number of carbonyl (C=O) groups is 1. The average molecular weight is 304 g/mol. The maximum atomic E-state index is 13.2. The number of hydrogen-bond donors (Lipinski definition) is 2. The van der Waals surface area contributed by atoms with E-state index < -0.39 is 23.6 Å². The Hall–Kier alpha value is -1.63. The van der Waals surface area contributed by atoms with Crippen LogP contribution in [-0.4, -0.2) is 18.5 Å². The van der Waals surface area contributed by atoms with Crippen molar-refractivity contribution in [1.29, 1.82) is 0 Å². The summed E-state index contributed by atoms with van der Waals surface area (Å²) in [5.41, 5.74) is -1.10. The fourth-order valence-electron chi connectivity index (χ4n) is 2.34. The fourth-order valence-corrected chi connectivity index (χ4v) is 2.34. The fraction of sp³-hybridized carbons (Fsp3) is 0.500. The van der Waals surface area contributed by atoms with Crippen LogP contribution in [0.3, 0.4) is 0 Å². The van der Waals surface area contributed by atoms with Gasteiger partial charge in [-0.05, 0) is 44.0 Å². The van der Waals surface area contributed by atoms with Crippen molar-refractivity contribution in [2.24, 2.45) is 0 Å². The summed E-state index contributed by atoms with van der Waals surface area (Å²) in [6, 6.07) is 1.82. The van der Waals surface area contributed by atoms with Gasteiger partial charge in [-0.3, -0.25) is 4.79 Å². The third kappa shape index (κ3) is 3.72. The number of benzene rings is 1. The Balaban J connectivity index is 2.12. The van der Waals surface area contributed by atoms with Gasteiger partial charge in [0.25, 0.3) is 0 Å². The second-order valence-electron chi connectivity index (χ2n) is 5.12. The maximum Gasteiger partial charge on any atom is 0.419 e. The molecule has 2 atom stereocenters. The molecule has 1 heterocycles. The van der Waals surface area contributed by atoms with Gasteiger partial charge in [-0.2, -0.15) is 13.2 Å². The van der Waals surface area contributed by atoms with Crippen molar-refractivity contribution in [3.05, 3.63) is 35.1 Å². The molecule has 7 heteroatoms. The second-order valence-corrected chi connectivity index (χ2v) is 5.12. The lowest BCUT2D eigenvalue weighted by molar-refractivity contribution is -0.140. The van der Waals surface area contributed by atoms with Crippen molar-refractivity contribution in [3.63, 3.8) is 0 Å². The molecule has 0 spiro atoms. The smallest absolute Gasteiger partial charge is 0.348 e. The number of nitrogens with one attached hydrogen (secondary N) is 2. The van der Waals surface area contributed by atoms with Crippen LogP contribution in [0.4, 0.5) is 17.6 Å². The third-order valence-electron chi connectivity index (χ3n) is 3.53. The summed E-state index contributed by atoms with van der Waals surface area (Å²) >= 11 is 0. The highest BCUT2D eigenvalue weighted by Crippen LogP contribution is 2.33. The molecule has 2 unspecified atom stereocenters. The van der Waals surface area contributed by atoms with Gasteiger partial charge in [0.2, 0.25) is 5.91 Å². The van der Waals surface area contributed by atoms with Crippen LogP contribution in [0.2, 0.25) is 0 Å². The van der Waals surface area contributed by atoms with Gasteiger partial charge < -0.3 is 10.6 Å². The van der Waals surface area contributed by atoms with Gasteiger partial charge >= 0.3 is 6.18 Å². The van der Waals surface area contributed by atoms with Crippen LogP contribution in [0.15, 0.2) is 18.2 Å². The van der Waals surface area contributed by atoms with Crippen LogP contribution in [-0.2, 0) is 11.0 Å². The van der Waals surface area contributed by atoms with E-state index in [0.717, 1.165) is 25.1 Å². The molecule has 0 aromatic heterocycles. The van der Waals surface area contributed by atoms with E-state index in [0.29, 0.717) is 6.42 Å². The summed E-state index contributed by atoms with van der Waals surface area (Å²) in [5, 5.41) is 5.65. The van der Waals surface area contributed by atoms with E-state index in [1.807, 2.05) is 0 Å². The zero-order chi connectivity index (χ0) is 15.6. The predicted molar refractivity (Wildman–Crippen MR) is 69.0 cm³/mol. The zero-order valence-corrected chi connectivity index (χ0v) is 11.4. The Labute approximate surface area is 119 Å². The molecule has 116 valence electrons. The first kappa shape index (κ1) is 15.8. The minimum Gasteiger partial charge on any atom is -0.348 e. The Kier molecular flexibility index (Phi) is 4.51.